The number of phenolic OH excluding ortho intramolecular Hbond substituents is 1. The molecule has 1 aromatic heterocycles. The number of nitrogens with one attached hydrogen (secondary N) is 1. The lowest BCUT2D eigenvalue weighted by Gasteiger charge is -2.23. The van der Waals surface area contributed by atoms with Gasteiger partial charge in [-0.1, -0.05) is 50.6 Å². The van der Waals surface area contributed by atoms with E-state index in [2.05, 4.69) is 22.1 Å². The van der Waals surface area contributed by atoms with E-state index in [9.17, 15) is 9.90 Å². The van der Waals surface area contributed by atoms with Crippen molar-refractivity contribution in [2.75, 3.05) is 6.54 Å². The highest BCUT2D eigenvalue weighted by Gasteiger charge is 2.26. The maximum absolute atomic E-state index is 12.9. The van der Waals surface area contributed by atoms with E-state index >= 15 is 0 Å². The fourth-order valence-corrected chi connectivity index (χ4v) is 3.35. The topological polar surface area (TPSA) is 80.0 Å². The molecule has 1 atom stereocenters. The standard InChI is InChI=1S/C22H25ClN4O2/c1-5-10-24-21(29)16(14-6-9-20(28)17(11-14)22(2,3)4)13-27-25-18-8-7-15(23)12-19(18)26-27/h5-9,11-12,16,28H,1,10,13H2,2-4H3,(H,24,29). The van der Waals surface area contributed by atoms with Gasteiger partial charge in [0.05, 0.1) is 12.5 Å². The summed E-state index contributed by atoms with van der Waals surface area (Å²) < 4.78 is 0. The van der Waals surface area contributed by atoms with Crippen molar-refractivity contribution in [2.45, 2.75) is 38.6 Å². The summed E-state index contributed by atoms with van der Waals surface area (Å²) in [6.07, 6.45) is 1.63. The number of carbonyl (C=O) groups excluding carboxylic acids is 1. The van der Waals surface area contributed by atoms with Crippen LogP contribution in [-0.4, -0.2) is 32.6 Å². The summed E-state index contributed by atoms with van der Waals surface area (Å²) in [5.41, 5.74) is 2.68. The fourth-order valence-electron chi connectivity index (χ4n) is 3.18. The van der Waals surface area contributed by atoms with Crippen LogP contribution in [-0.2, 0) is 16.8 Å². The lowest BCUT2D eigenvalue weighted by molar-refractivity contribution is -0.122. The molecule has 0 aliphatic rings. The Labute approximate surface area is 175 Å². The number of phenols is 1. The van der Waals surface area contributed by atoms with Crippen molar-refractivity contribution in [1.29, 1.82) is 0 Å². The van der Waals surface area contributed by atoms with Gasteiger partial charge in [0.25, 0.3) is 0 Å². The Balaban J connectivity index is 2.00. The van der Waals surface area contributed by atoms with Gasteiger partial charge in [-0.2, -0.15) is 15.0 Å². The third-order valence-electron chi connectivity index (χ3n) is 4.70. The van der Waals surface area contributed by atoms with E-state index in [0.717, 1.165) is 11.1 Å². The molecular weight excluding hydrogens is 388 g/mol. The van der Waals surface area contributed by atoms with Crippen molar-refractivity contribution in [2.24, 2.45) is 0 Å². The van der Waals surface area contributed by atoms with Crippen molar-refractivity contribution in [3.8, 4) is 5.75 Å². The number of amides is 1. The number of fused-ring (bicyclic) bond motifs is 1. The van der Waals surface area contributed by atoms with Gasteiger partial charge in [-0.3, -0.25) is 4.79 Å². The lowest BCUT2D eigenvalue weighted by atomic mass is 9.83. The van der Waals surface area contributed by atoms with E-state index in [1.54, 1.807) is 36.4 Å². The van der Waals surface area contributed by atoms with Crippen LogP contribution in [0, 0.1) is 0 Å². The second-order valence-corrected chi connectivity index (χ2v) is 8.44. The van der Waals surface area contributed by atoms with E-state index in [1.807, 2.05) is 26.8 Å². The quantitative estimate of drug-likeness (QED) is 0.595. The van der Waals surface area contributed by atoms with E-state index in [1.165, 1.54) is 4.80 Å². The predicted octanol–water partition coefficient (Wildman–Crippen LogP) is 4.17. The monoisotopic (exact) mass is 412 g/mol. The van der Waals surface area contributed by atoms with Gasteiger partial charge >= 0.3 is 0 Å². The van der Waals surface area contributed by atoms with Gasteiger partial charge in [0, 0.05) is 11.6 Å². The van der Waals surface area contributed by atoms with Crippen LogP contribution in [0.4, 0.5) is 0 Å². The molecule has 1 unspecified atom stereocenters. The number of rotatable bonds is 6. The minimum absolute atomic E-state index is 0.158. The molecule has 7 heteroatoms. The zero-order valence-electron chi connectivity index (χ0n) is 16.8. The molecule has 0 radical (unpaired) electrons. The maximum atomic E-state index is 12.9. The molecule has 0 saturated carbocycles. The largest absolute Gasteiger partial charge is 0.508 e. The molecule has 2 N–H and O–H groups in total. The summed E-state index contributed by atoms with van der Waals surface area (Å²) in [4.78, 5) is 14.4. The van der Waals surface area contributed by atoms with E-state index in [-0.39, 0.29) is 23.6 Å². The molecule has 3 aromatic rings. The molecule has 0 fully saturated rings. The van der Waals surface area contributed by atoms with Crippen LogP contribution in [0.25, 0.3) is 11.0 Å². The fraction of sp³-hybridized carbons (Fsp3) is 0.318. The van der Waals surface area contributed by atoms with Gasteiger partial charge in [-0.05, 0) is 40.8 Å². The normalized spacial score (nSPS) is 12.7. The van der Waals surface area contributed by atoms with E-state index in [4.69, 9.17) is 11.6 Å². The van der Waals surface area contributed by atoms with Gasteiger partial charge < -0.3 is 10.4 Å². The molecule has 29 heavy (non-hydrogen) atoms. The second-order valence-electron chi connectivity index (χ2n) is 8.00. The summed E-state index contributed by atoms with van der Waals surface area (Å²) >= 11 is 6.04. The van der Waals surface area contributed by atoms with Crippen molar-refractivity contribution in [3.05, 3.63) is 65.2 Å². The van der Waals surface area contributed by atoms with Crippen molar-refractivity contribution < 1.29 is 9.90 Å². The first-order chi connectivity index (χ1) is 13.7. The maximum Gasteiger partial charge on any atom is 0.229 e. The minimum atomic E-state index is -0.533. The van der Waals surface area contributed by atoms with Gasteiger partial charge in [-0.15, -0.1) is 6.58 Å². The Morgan fingerprint density at radius 1 is 1.24 bits per heavy atom. The Bertz CT molecular complexity index is 1050. The smallest absolute Gasteiger partial charge is 0.229 e. The number of nitrogens with zero attached hydrogens (tertiary/aromatic N) is 3. The average molecular weight is 413 g/mol. The third kappa shape index (κ3) is 4.77. The Morgan fingerprint density at radius 3 is 2.66 bits per heavy atom. The first-order valence-corrected chi connectivity index (χ1v) is 9.79. The molecule has 6 nitrogen and oxygen atoms in total. The van der Waals surface area contributed by atoms with Crippen LogP contribution in [0.15, 0.2) is 49.1 Å². The molecule has 0 saturated heterocycles. The molecule has 2 aromatic carbocycles. The third-order valence-corrected chi connectivity index (χ3v) is 4.93. The van der Waals surface area contributed by atoms with E-state index < -0.39 is 5.92 Å². The number of aromatic nitrogens is 3. The molecule has 0 spiro atoms. The molecule has 1 amide bonds. The minimum Gasteiger partial charge on any atom is -0.508 e. The van der Waals surface area contributed by atoms with Crippen LogP contribution >= 0.6 is 11.6 Å². The number of benzene rings is 2. The van der Waals surface area contributed by atoms with Crippen LogP contribution in [0.2, 0.25) is 5.02 Å². The number of halogens is 1. The first kappa shape index (κ1) is 20.9. The van der Waals surface area contributed by atoms with Gasteiger partial charge in [0.15, 0.2) is 0 Å². The Hall–Kier alpha value is -2.86. The Kier molecular flexibility index (Phi) is 5.94. The molecule has 0 aliphatic carbocycles. The molecular formula is C22H25ClN4O2. The number of carbonyl (C=O) groups is 1. The van der Waals surface area contributed by atoms with Gasteiger partial charge in [0.1, 0.15) is 16.8 Å². The predicted molar refractivity (Wildman–Crippen MR) is 115 cm³/mol. The highest BCUT2D eigenvalue weighted by Crippen LogP contribution is 2.33. The zero-order chi connectivity index (χ0) is 21.2. The Morgan fingerprint density at radius 2 is 1.97 bits per heavy atom. The summed E-state index contributed by atoms with van der Waals surface area (Å²) in [6, 6.07) is 10.6. The number of hydrogen-bond acceptors (Lipinski definition) is 4. The molecule has 0 bridgehead atoms. The van der Waals surface area contributed by atoms with Crippen LogP contribution in [0.3, 0.4) is 0 Å². The number of aromatic hydroxyl groups is 1. The van der Waals surface area contributed by atoms with Crippen LogP contribution < -0.4 is 5.32 Å². The number of hydrogen-bond donors (Lipinski definition) is 2. The zero-order valence-corrected chi connectivity index (χ0v) is 17.6. The van der Waals surface area contributed by atoms with Crippen molar-refractivity contribution >= 4 is 28.5 Å². The summed E-state index contributed by atoms with van der Waals surface area (Å²) in [5, 5.41) is 22.7. The van der Waals surface area contributed by atoms with E-state index in [0.29, 0.717) is 22.6 Å². The SMILES string of the molecule is C=CCNC(=O)C(Cn1nc2ccc(Cl)cc2n1)c1ccc(O)c(C(C)(C)C)c1. The first-order valence-electron chi connectivity index (χ1n) is 9.41. The molecule has 3 rings (SSSR count). The van der Waals surface area contributed by atoms with Crippen LogP contribution in [0.1, 0.15) is 37.8 Å². The molecule has 0 aliphatic heterocycles. The molecule has 152 valence electrons. The molecule has 1 heterocycles. The summed E-state index contributed by atoms with van der Waals surface area (Å²) in [7, 11) is 0. The van der Waals surface area contributed by atoms with Gasteiger partial charge in [0.2, 0.25) is 5.91 Å². The van der Waals surface area contributed by atoms with Crippen molar-refractivity contribution in [3.63, 3.8) is 0 Å². The summed E-state index contributed by atoms with van der Waals surface area (Å²) in [5.74, 6) is -0.479. The van der Waals surface area contributed by atoms with Crippen LogP contribution in [0.5, 0.6) is 5.75 Å². The average Bonchev–Trinajstić information content (AvgIpc) is 3.05. The highest BCUT2D eigenvalue weighted by molar-refractivity contribution is 6.31. The highest BCUT2D eigenvalue weighted by atomic mass is 35.5. The van der Waals surface area contributed by atoms with Crippen molar-refractivity contribution in [1.82, 2.24) is 20.3 Å². The second kappa shape index (κ2) is 8.25. The van der Waals surface area contributed by atoms with Gasteiger partial charge in [-0.25, -0.2) is 0 Å². The lowest BCUT2D eigenvalue weighted by Crippen LogP contribution is -2.32. The summed E-state index contributed by atoms with van der Waals surface area (Å²) in [6.45, 7) is 10.3.